The number of ether oxygens (including phenoxy) is 1. The number of ketones is 1. The second-order valence-corrected chi connectivity index (χ2v) is 16.7. The molecule has 2 heterocycles. The van der Waals surface area contributed by atoms with Crippen LogP contribution in [0.4, 0.5) is 4.79 Å². The summed E-state index contributed by atoms with van der Waals surface area (Å²) >= 11 is 0. The fraction of sp³-hybridized carbons (Fsp3) is 0.700. The molecule has 1 aromatic rings. The van der Waals surface area contributed by atoms with Crippen molar-refractivity contribution in [2.75, 3.05) is 13.1 Å². The maximum absolute atomic E-state index is 14.1. The summed E-state index contributed by atoms with van der Waals surface area (Å²) in [5.41, 5.74) is -0.0701. The molecule has 0 spiro atoms. The van der Waals surface area contributed by atoms with Crippen molar-refractivity contribution in [3.05, 3.63) is 48.0 Å². The average Bonchev–Trinajstić information content (AvgIpc) is 3.51. The zero-order valence-electron chi connectivity index (χ0n) is 32.0. The Morgan fingerprint density at radius 1 is 0.960 bits per heavy atom. The van der Waals surface area contributed by atoms with Crippen LogP contribution in [0.15, 0.2) is 42.5 Å². The van der Waals surface area contributed by atoms with Crippen LogP contribution >= 0.6 is 0 Å². The van der Waals surface area contributed by atoms with E-state index in [0.29, 0.717) is 50.5 Å². The van der Waals surface area contributed by atoms with Crippen LogP contribution in [0.5, 0.6) is 0 Å². The fourth-order valence-corrected chi connectivity index (χ4v) is 7.67. The van der Waals surface area contributed by atoms with Gasteiger partial charge in [0, 0.05) is 43.4 Å². The number of Topliss-reactive ketones (excluding diaryl/α,β-unsaturated/α-hetero) is 1. The normalized spacial score (nSPS) is 21.3. The Bertz CT molecular complexity index is 1290. The highest BCUT2D eigenvalue weighted by molar-refractivity contribution is 5.94. The molecule has 1 aromatic carbocycles. The van der Waals surface area contributed by atoms with Crippen molar-refractivity contribution in [1.29, 1.82) is 0 Å². The summed E-state index contributed by atoms with van der Waals surface area (Å²) in [6.45, 7) is 18.7. The van der Waals surface area contributed by atoms with Gasteiger partial charge in [0.15, 0.2) is 5.78 Å². The fourth-order valence-electron chi connectivity index (χ4n) is 7.67. The summed E-state index contributed by atoms with van der Waals surface area (Å²) in [6.07, 6.45) is 7.40. The van der Waals surface area contributed by atoms with E-state index in [4.69, 9.17) is 4.74 Å². The van der Waals surface area contributed by atoms with Gasteiger partial charge in [-0.25, -0.2) is 4.79 Å². The van der Waals surface area contributed by atoms with Crippen molar-refractivity contribution >= 4 is 23.7 Å². The summed E-state index contributed by atoms with van der Waals surface area (Å²) < 4.78 is 5.73. The molecule has 0 aromatic heterocycles. The zero-order valence-corrected chi connectivity index (χ0v) is 32.0. The standard InChI is InChI=1S/C40H64N4O6/c1-27(2)22-29(5)17-18-31(24-30-14-11-10-12-15-30)37(47)43-21-13-16-34(43)36(46)42-33(35(45)23-28(3)4)19-20-41-38(48)50-32-25-39(6,7)44(49)40(8,9)26-32/h10-12,14-15,17-18,27-29,31-34,49H,13,16,19-26H2,1-9H3,(H,41,48)(H,42,46)/b18-17+/t29-,31-,33+,34+/m1/s1. The van der Waals surface area contributed by atoms with E-state index in [1.165, 1.54) is 5.06 Å². The molecule has 3 amide bonds. The highest BCUT2D eigenvalue weighted by Gasteiger charge is 2.46. The first-order valence-electron chi connectivity index (χ1n) is 18.7. The van der Waals surface area contributed by atoms with Crippen LogP contribution in [-0.4, -0.2) is 81.2 Å². The van der Waals surface area contributed by atoms with Gasteiger partial charge in [0.25, 0.3) is 0 Å². The SMILES string of the molecule is CC(C)CC(=O)[C@H](CCNC(=O)OC1CC(C)(C)N(O)C(C)(C)C1)NC(=O)[C@@H]1CCCN1C(=O)[C@H](/C=C/[C@@H](C)CC(C)C)Cc1ccccc1. The predicted octanol–water partition coefficient (Wildman–Crippen LogP) is 6.70. The quantitative estimate of drug-likeness (QED) is 0.164. The molecule has 2 aliphatic heterocycles. The van der Waals surface area contributed by atoms with Crippen LogP contribution < -0.4 is 10.6 Å². The van der Waals surface area contributed by atoms with Crippen LogP contribution in [0.3, 0.4) is 0 Å². The topological polar surface area (TPSA) is 128 Å². The van der Waals surface area contributed by atoms with E-state index < -0.39 is 35.2 Å². The Hall–Kier alpha value is -3.24. The minimum atomic E-state index is -0.810. The molecular weight excluding hydrogens is 632 g/mol. The maximum atomic E-state index is 14.1. The number of likely N-dealkylation sites (tertiary alicyclic amines) is 1. The molecule has 3 rings (SSSR count). The molecule has 2 fully saturated rings. The molecule has 3 N–H and O–H groups in total. The number of hydroxylamine groups is 2. The van der Waals surface area contributed by atoms with Crippen molar-refractivity contribution in [3.63, 3.8) is 0 Å². The number of piperidine rings is 1. The van der Waals surface area contributed by atoms with E-state index in [2.05, 4.69) is 37.5 Å². The Kier molecular flexibility index (Phi) is 15.1. The number of rotatable bonds is 16. The van der Waals surface area contributed by atoms with E-state index in [-0.39, 0.29) is 49.0 Å². The Labute approximate surface area is 300 Å². The predicted molar refractivity (Wildman–Crippen MR) is 196 cm³/mol. The van der Waals surface area contributed by atoms with Crippen molar-refractivity contribution in [1.82, 2.24) is 20.6 Å². The van der Waals surface area contributed by atoms with Gasteiger partial charge in [-0.1, -0.05) is 77.1 Å². The number of benzene rings is 1. The van der Waals surface area contributed by atoms with Crippen LogP contribution in [0, 0.1) is 23.7 Å². The number of alkyl carbamates (subject to hydrolysis) is 1. The van der Waals surface area contributed by atoms with Crippen LogP contribution in [0.25, 0.3) is 0 Å². The van der Waals surface area contributed by atoms with Gasteiger partial charge < -0.3 is 25.5 Å². The smallest absolute Gasteiger partial charge is 0.407 e. The number of nitrogens with zero attached hydrogens (tertiary/aromatic N) is 2. The largest absolute Gasteiger partial charge is 0.446 e. The van der Waals surface area contributed by atoms with Gasteiger partial charge in [-0.15, -0.1) is 0 Å². The Balaban J connectivity index is 1.67. The first-order valence-corrected chi connectivity index (χ1v) is 18.7. The monoisotopic (exact) mass is 696 g/mol. The number of nitrogens with one attached hydrogen (secondary N) is 2. The zero-order chi connectivity index (χ0) is 37.2. The molecule has 0 radical (unpaired) electrons. The van der Waals surface area contributed by atoms with Gasteiger partial charge in [-0.05, 0) is 83.1 Å². The molecule has 0 bridgehead atoms. The molecule has 280 valence electrons. The van der Waals surface area contributed by atoms with Gasteiger partial charge in [-0.3, -0.25) is 14.4 Å². The second kappa shape index (κ2) is 18.3. The molecule has 10 nitrogen and oxygen atoms in total. The molecule has 2 aliphatic rings. The van der Waals surface area contributed by atoms with Crippen molar-refractivity contribution in [2.24, 2.45) is 23.7 Å². The average molecular weight is 697 g/mol. The summed E-state index contributed by atoms with van der Waals surface area (Å²) in [6, 6.07) is 8.46. The van der Waals surface area contributed by atoms with E-state index in [9.17, 15) is 24.4 Å². The van der Waals surface area contributed by atoms with Gasteiger partial charge >= 0.3 is 6.09 Å². The second-order valence-electron chi connectivity index (χ2n) is 16.7. The van der Waals surface area contributed by atoms with Crippen LogP contribution in [0.2, 0.25) is 0 Å². The molecule has 10 heteroatoms. The Morgan fingerprint density at radius 2 is 1.60 bits per heavy atom. The molecule has 4 atom stereocenters. The van der Waals surface area contributed by atoms with Crippen molar-refractivity contribution in [3.8, 4) is 0 Å². The van der Waals surface area contributed by atoms with E-state index in [1.807, 2.05) is 78.0 Å². The minimum absolute atomic E-state index is 0.0765. The lowest BCUT2D eigenvalue weighted by Crippen LogP contribution is -2.61. The highest BCUT2D eigenvalue weighted by atomic mass is 16.6. The lowest BCUT2D eigenvalue weighted by atomic mass is 9.80. The first-order chi connectivity index (χ1) is 23.4. The van der Waals surface area contributed by atoms with Crippen molar-refractivity contribution in [2.45, 2.75) is 143 Å². The van der Waals surface area contributed by atoms with Crippen LogP contribution in [0.1, 0.15) is 113 Å². The minimum Gasteiger partial charge on any atom is -0.446 e. The molecule has 0 aliphatic carbocycles. The van der Waals surface area contributed by atoms with E-state index >= 15 is 0 Å². The van der Waals surface area contributed by atoms with Crippen LogP contribution in [-0.2, 0) is 25.5 Å². The number of carbonyl (C=O) groups is 4. The summed E-state index contributed by atoms with van der Waals surface area (Å²) in [5.74, 6) is 0.0318. The third-order valence-corrected chi connectivity index (χ3v) is 9.86. The third kappa shape index (κ3) is 12.2. The summed E-state index contributed by atoms with van der Waals surface area (Å²) in [4.78, 5) is 55.8. The number of hydrogen-bond donors (Lipinski definition) is 3. The molecule has 2 saturated heterocycles. The third-order valence-electron chi connectivity index (χ3n) is 9.86. The molecule has 0 saturated carbocycles. The van der Waals surface area contributed by atoms with E-state index in [1.54, 1.807) is 4.90 Å². The number of carbonyl (C=O) groups excluding carboxylic acids is 4. The van der Waals surface area contributed by atoms with Crippen molar-refractivity contribution < 1.29 is 29.1 Å². The summed E-state index contributed by atoms with van der Waals surface area (Å²) in [5, 5.41) is 17.6. The number of hydrogen-bond acceptors (Lipinski definition) is 7. The molecule has 0 unspecified atom stereocenters. The van der Waals surface area contributed by atoms with Gasteiger partial charge in [-0.2, -0.15) is 5.06 Å². The number of amides is 3. The molecular formula is C40H64N4O6. The summed E-state index contributed by atoms with van der Waals surface area (Å²) in [7, 11) is 0. The molecule has 50 heavy (non-hydrogen) atoms. The van der Waals surface area contributed by atoms with E-state index in [0.717, 1.165) is 12.0 Å². The van der Waals surface area contributed by atoms with Gasteiger partial charge in [0.1, 0.15) is 12.1 Å². The first kappa shape index (κ1) is 41.2. The Morgan fingerprint density at radius 3 is 2.20 bits per heavy atom. The number of allylic oxidation sites excluding steroid dienone is 1. The van der Waals surface area contributed by atoms with Gasteiger partial charge in [0.2, 0.25) is 11.8 Å². The van der Waals surface area contributed by atoms with Gasteiger partial charge in [0.05, 0.1) is 12.0 Å². The lowest BCUT2D eigenvalue weighted by Gasteiger charge is -2.50. The highest BCUT2D eigenvalue weighted by Crippen LogP contribution is 2.38. The maximum Gasteiger partial charge on any atom is 0.407 e. The lowest BCUT2D eigenvalue weighted by molar-refractivity contribution is -0.256.